The molecule has 0 aromatic heterocycles. The fraction of sp³-hybridized carbons (Fsp3) is 0.200. The lowest BCUT2D eigenvalue weighted by atomic mass is 10.0. The summed E-state index contributed by atoms with van der Waals surface area (Å²) in [4.78, 5) is 0. The van der Waals surface area contributed by atoms with Crippen molar-refractivity contribution >= 4 is 21.5 Å². The minimum absolute atomic E-state index is 0.227. The molecule has 4 rings (SSSR count). The smallest absolute Gasteiger partial charge is 0.142 e. The Morgan fingerprint density at radius 3 is 1.31 bits per heavy atom. The van der Waals surface area contributed by atoms with Crippen molar-refractivity contribution in [3.63, 3.8) is 0 Å². The average Bonchev–Trinajstić information content (AvgIpc) is 2.91. The molecule has 0 aliphatic carbocycles. The molecule has 4 aromatic rings. The number of methoxy groups -OCH3 is 4. The summed E-state index contributed by atoms with van der Waals surface area (Å²) in [5, 5.41) is 3.85. The largest absolute Gasteiger partial charge is 0.496 e. The normalized spacial score (nSPS) is 10.2. The second-order valence-electron chi connectivity index (χ2n) is 7.51. The molecular weight excluding hydrogens is 440 g/mol. The summed E-state index contributed by atoms with van der Waals surface area (Å²) in [6.45, 7) is 0.455. The number of rotatable bonds is 6. The monoisotopic (exact) mass is 466 g/mol. The molecule has 0 fully saturated rings. The van der Waals surface area contributed by atoms with Gasteiger partial charge in [-0.3, -0.25) is 0 Å². The Bertz CT molecular complexity index is 1370. The van der Waals surface area contributed by atoms with Gasteiger partial charge in [-0.15, -0.1) is 0 Å². The van der Waals surface area contributed by atoms with Gasteiger partial charge in [0.15, 0.2) is 0 Å². The molecule has 4 aromatic carbocycles. The summed E-state index contributed by atoms with van der Waals surface area (Å²) in [5.41, 5.74) is 1.48. The first-order valence-corrected chi connectivity index (χ1v) is 11.0. The maximum absolute atomic E-state index is 5.63. The van der Waals surface area contributed by atoms with Crippen LogP contribution < -0.4 is 18.9 Å². The van der Waals surface area contributed by atoms with Gasteiger partial charge in [-0.25, -0.2) is 0 Å². The van der Waals surface area contributed by atoms with Gasteiger partial charge < -0.3 is 23.7 Å². The molecule has 0 atom stereocenters. The second-order valence-corrected chi connectivity index (χ2v) is 7.51. The third-order valence-electron chi connectivity index (χ3n) is 5.56. The van der Waals surface area contributed by atoms with Crippen molar-refractivity contribution in [2.45, 2.75) is 0 Å². The average molecular weight is 467 g/mol. The number of hydrogen-bond acceptors (Lipinski definition) is 5. The lowest BCUT2D eigenvalue weighted by Gasteiger charge is -2.12. The molecule has 0 amide bonds. The molecule has 0 spiro atoms. The molecule has 0 unspecified atom stereocenters. The van der Waals surface area contributed by atoms with Gasteiger partial charge in [0.25, 0.3) is 0 Å². The van der Waals surface area contributed by atoms with Gasteiger partial charge in [-0.1, -0.05) is 72.2 Å². The van der Waals surface area contributed by atoms with E-state index in [1.807, 2.05) is 60.7 Å². The van der Waals surface area contributed by atoms with Gasteiger partial charge in [0, 0.05) is 33.7 Å². The van der Waals surface area contributed by atoms with E-state index in [1.54, 1.807) is 28.4 Å². The second kappa shape index (κ2) is 11.2. The predicted octanol–water partition coefficient (Wildman–Crippen LogP) is 5.45. The van der Waals surface area contributed by atoms with Crippen molar-refractivity contribution < 1.29 is 23.7 Å². The van der Waals surface area contributed by atoms with Crippen LogP contribution in [0.25, 0.3) is 21.5 Å². The first kappa shape index (κ1) is 23.8. The van der Waals surface area contributed by atoms with Crippen LogP contribution in [0, 0.1) is 23.7 Å². The zero-order chi connectivity index (χ0) is 24.6. The van der Waals surface area contributed by atoms with Crippen LogP contribution in [-0.4, -0.2) is 41.7 Å². The number of fused-ring (bicyclic) bond motifs is 2. The van der Waals surface area contributed by atoms with Crippen LogP contribution in [0.15, 0.2) is 60.7 Å². The lowest BCUT2D eigenvalue weighted by molar-refractivity contribution is 0.204. The van der Waals surface area contributed by atoms with Crippen molar-refractivity contribution in [2.75, 3.05) is 41.7 Å². The number of hydrogen-bond donors (Lipinski definition) is 0. The third-order valence-corrected chi connectivity index (χ3v) is 5.56. The zero-order valence-electron chi connectivity index (χ0n) is 20.2. The minimum atomic E-state index is 0.227. The molecule has 0 N–H and O–H groups in total. The molecular formula is C30H26O5. The van der Waals surface area contributed by atoms with Crippen molar-refractivity contribution in [1.29, 1.82) is 0 Å². The highest BCUT2D eigenvalue weighted by Crippen LogP contribution is 2.37. The van der Waals surface area contributed by atoms with Gasteiger partial charge in [0.2, 0.25) is 0 Å². The van der Waals surface area contributed by atoms with E-state index in [4.69, 9.17) is 23.7 Å². The van der Waals surface area contributed by atoms with Crippen molar-refractivity contribution in [3.05, 3.63) is 71.8 Å². The van der Waals surface area contributed by atoms with Gasteiger partial charge in [-0.05, 0) is 0 Å². The van der Waals surface area contributed by atoms with E-state index in [9.17, 15) is 0 Å². The van der Waals surface area contributed by atoms with E-state index in [-0.39, 0.29) is 13.2 Å². The molecule has 0 heterocycles. The van der Waals surface area contributed by atoms with Crippen LogP contribution in [-0.2, 0) is 4.74 Å². The Morgan fingerprint density at radius 2 is 0.943 bits per heavy atom. The Morgan fingerprint density at radius 1 is 0.543 bits per heavy atom. The van der Waals surface area contributed by atoms with E-state index in [0.717, 1.165) is 44.2 Å². The van der Waals surface area contributed by atoms with E-state index >= 15 is 0 Å². The van der Waals surface area contributed by atoms with Gasteiger partial charge in [0.1, 0.15) is 36.2 Å². The van der Waals surface area contributed by atoms with Crippen LogP contribution in [0.5, 0.6) is 23.0 Å². The predicted molar refractivity (Wildman–Crippen MR) is 139 cm³/mol. The first-order valence-electron chi connectivity index (χ1n) is 11.0. The molecule has 35 heavy (non-hydrogen) atoms. The molecule has 176 valence electrons. The standard InChI is InChI=1S/C30H26O5/c1-31-27-19-21(29(33-3)25-15-7-5-13-23(25)27)11-9-17-35-18-10-12-22-20-28(32-2)24-14-6-8-16-26(24)30(22)34-4/h5-8,13-16,19-20H,17-18H2,1-4H3. The maximum atomic E-state index is 5.63. The summed E-state index contributed by atoms with van der Waals surface area (Å²) in [6.07, 6.45) is 0. The Hall–Kier alpha value is -4.32. The molecule has 0 saturated heterocycles. The fourth-order valence-corrected chi connectivity index (χ4v) is 4.01. The molecule has 0 aliphatic heterocycles. The summed E-state index contributed by atoms with van der Waals surface area (Å²) < 4.78 is 28.0. The van der Waals surface area contributed by atoms with Crippen LogP contribution in [0.4, 0.5) is 0 Å². The van der Waals surface area contributed by atoms with Gasteiger partial charge in [0.05, 0.1) is 39.6 Å². The lowest BCUT2D eigenvalue weighted by Crippen LogP contribution is -1.95. The van der Waals surface area contributed by atoms with E-state index in [1.165, 1.54) is 0 Å². The number of ether oxygens (including phenoxy) is 5. The van der Waals surface area contributed by atoms with E-state index in [0.29, 0.717) is 11.5 Å². The van der Waals surface area contributed by atoms with Crippen LogP contribution in [0.2, 0.25) is 0 Å². The Balaban J connectivity index is 1.48. The highest BCUT2D eigenvalue weighted by atomic mass is 16.5. The zero-order valence-corrected chi connectivity index (χ0v) is 20.2. The van der Waals surface area contributed by atoms with Crippen molar-refractivity contribution in [1.82, 2.24) is 0 Å². The summed E-state index contributed by atoms with van der Waals surface area (Å²) in [6, 6.07) is 19.6. The summed E-state index contributed by atoms with van der Waals surface area (Å²) in [7, 11) is 6.57. The quantitative estimate of drug-likeness (QED) is 0.279. The topological polar surface area (TPSA) is 46.2 Å². The molecule has 0 bridgehead atoms. The van der Waals surface area contributed by atoms with Crippen LogP contribution >= 0.6 is 0 Å². The molecule has 5 heteroatoms. The fourth-order valence-electron chi connectivity index (χ4n) is 4.01. The van der Waals surface area contributed by atoms with Gasteiger partial charge >= 0.3 is 0 Å². The third kappa shape index (κ3) is 4.96. The van der Waals surface area contributed by atoms with E-state index < -0.39 is 0 Å². The molecule has 0 radical (unpaired) electrons. The summed E-state index contributed by atoms with van der Waals surface area (Å²) >= 11 is 0. The maximum Gasteiger partial charge on any atom is 0.142 e. The van der Waals surface area contributed by atoms with Crippen LogP contribution in [0.3, 0.4) is 0 Å². The first-order chi connectivity index (χ1) is 17.2. The highest BCUT2D eigenvalue weighted by molar-refractivity contribution is 5.96. The Kier molecular flexibility index (Phi) is 7.63. The summed E-state index contributed by atoms with van der Waals surface area (Å²) in [5.74, 6) is 15.3. The molecule has 0 saturated carbocycles. The molecule has 5 nitrogen and oxygen atoms in total. The van der Waals surface area contributed by atoms with E-state index in [2.05, 4.69) is 23.7 Å². The SMILES string of the molecule is COc1cc(C#CCOCC#Cc2cc(OC)c3ccccc3c2OC)c(OC)c2ccccc12. The highest BCUT2D eigenvalue weighted by Gasteiger charge is 2.12. The van der Waals surface area contributed by atoms with Crippen molar-refractivity contribution in [2.24, 2.45) is 0 Å². The van der Waals surface area contributed by atoms with Crippen LogP contribution in [0.1, 0.15) is 11.1 Å². The Labute approximate surface area is 205 Å². The van der Waals surface area contributed by atoms with Gasteiger partial charge in [-0.2, -0.15) is 0 Å². The minimum Gasteiger partial charge on any atom is -0.496 e. The number of benzene rings is 4. The van der Waals surface area contributed by atoms with Crippen molar-refractivity contribution in [3.8, 4) is 46.7 Å². The molecule has 0 aliphatic rings.